The van der Waals surface area contributed by atoms with Crippen LogP contribution in [0.1, 0.15) is 40.8 Å². The third-order valence-corrected chi connectivity index (χ3v) is 6.07. The lowest BCUT2D eigenvalue weighted by Gasteiger charge is -2.19. The van der Waals surface area contributed by atoms with Crippen LogP contribution >= 0.6 is 0 Å². The van der Waals surface area contributed by atoms with Gasteiger partial charge in [-0.1, -0.05) is 48.5 Å². The van der Waals surface area contributed by atoms with Crippen molar-refractivity contribution >= 4 is 5.91 Å². The summed E-state index contributed by atoms with van der Waals surface area (Å²) in [7, 11) is 1.61. The van der Waals surface area contributed by atoms with Crippen molar-refractivity contribution in [1.82, 2.24) is 10.6 Å². The number of nitrogens with one attached hydrogen (secondary N) is 2. The van der Waals surface area contributed by atoms with Crippen LogP contribution in [0.25, 0.3) is 0 Å². The zero-order valence-electron chi connectivity index (χ0n) is 20.4. The average Bonchev–Trinajstić information content (AvgIpc) is 2.86. The zero-order chi connectivity index (χ0) is 25.4. The number of aromatic hydroxyl groups is 2. The first-order valence-electron chi connectivity index (χ1n) is 11.7. The Balaban J connectivity index is 1.45. The monoisotopic (exact) mass is 478 g/mol. The van der Waals surface area contributed by atoms with E-state index in [4.69, 9.17) is 4.74 Å². The van der Waals surface area contributed by atoms with Gasteiger partial charge in [-0.15, -0.1) is 0 Å². The van der Waals surface area contributed by atoms with Crippen molar-refractivity contribution in [3.8, 4) is 17.2 Å². The Bertz CT molecular complexity index is 1130. The smallest absolute Gasteiger partial charge is 0.224 e. The molecule has 0 saturated carbocycles. The molecule has 186 valence electrons. The van der Waals surface area contributed by atoms with Gasteiger partial charge in [0.15, 0.2) is 11.5 Å². The SMILES string of the molecule is COc1ccccc1CNC(=O)Cc1ccc(C[C@@H](C)NC[C@H](O)c2ccc(O)c(O)c2C)cc1. The second kappa shape index (κ2) is 12.2. The molecule has 5 N–H and O–H groups in total. The minimum Gasteiger partial charge on any atom is -0.504 e. The highest BCUT2D eigenvalue weighted by molar-refractivity contribution is 5.78. The molecule has 1 amide bonds. The van der Waals surface area contributed by atoms with Crippen LogP contribution in [-0.4, -0.2) is 40.9 Å². The van der Waals surface area contributed by atoms with Crippen LogP contribution in [0.4, 0.5) is 0 Å². The lowest BCUT2D eigenvalue weighted by atomic mass is 10.0. The summed E-state index contributed by atoms with van der Waals surface area (Å²) in [5.74, 6) is 0.298. The van der Waals surface area contributed by atoms with Crippen LogP contribution in [0.2, 0.25) is 0 Å². The van der Waals surface area contributed by atoms with Crippen LogP contribution in [0, 0.1) is 6.92 Å². The Labute approximate surface area is 206 Å². The van der Waals surface area contributed by atoms with Crippen LogP contribution in [0.3, 0.4) is 0 Å². The number of aliphatic hydroxyl groups excluding tert-OH is 1. The third kappa shape index (κ3) is 7.21. The van der Waals surface area contributed by atoms with Gasteiger partial charge >= 0.3 is 0 Å². The molecule has 0 aromatic heterocycles. The van der Waals surface area contributed by atoms with E-state index in [1.54, 1.807) is 20.1 Å². The largest absolute Gasteiger partial charge is 0.504 e. The molecule has 35 heavy (non-hydrogen) atoms. The molecule has 3 rings (SSSR count). The molecule has 0 unspecified atom stereocenters. The number of aliphatic hydroxyl groups is 1. The highest BCUT2D eigenvalue weighted by Crippen LogP contribution is 2.33. The summed E-state index contributed by atoms with van der Waals surface area (Å²) in [5.41, 5.74) is 4.03. The number of amides is 1. The Morgan fingerprint density at radius 3 is 2.40 bits per heavy atom. The van der Waals surface area contributed by atoms with Gasteiger partial charge in [0.2, 0.25) is 5.91 Å². The molecule has 0 aliphatic rings. The number of phenols is 2. The first-order chi connectivity index (χ1) is 16.8. The molecule has 0 heterocycles. The number of para-hydroxylation sites is 1. The van der Waals surface area contributed by atoms with Gasteiger partial charge in [-0.05, 0) is 49.1 Å². The van der Waals surface area contributed by atoms with Crippen molar-refractivity contribution in [2.24, 2.45) is 0 Å². The normalized spacial score (nSPS) is 12.7. The van der Waals surface area contributed by atoms with E-state index in [1.165, 1.54) is 6.07 Å². The lowest BCUT2D eigenvalue weighted by Crippen LogP contribution is -2.32. The van der Waals surface area contributed by atoms with Gasteiger partial charge in [-0.25, -0.2) is 0 Å². The summed E-state index contributed by atoms with van der Waals surface area (Å²) in [6, 6.07) is 18.7. The molecular weight excluding hydrogens is 444 g/mol. The minimum absolute atomic E-state index is 0.0526. The second-order valence-electron chi connectivity index (χ2n) is 8.76. The summed E-state index contributed by atoms with van der Waals surface area (Å²) in [4.78, 5) is 12.4. The molecule has 0 saturated heterocycles. The van der Waals surface area contributed by atoms with E-state index in [0.29, 0.717) is 30.6 Å². The molecule has 0 aliphatic carbocycles. The number of phenolic OH excluding ortho intramolecular Hbond substituents is 2. The van der Waals surface area contributed by atoms with Gasteiger partial charge in [0, 0.05) is 30.3 Å². The fourth-order valence-corrected chi connectivity index (χ4v) is 3.99. The molecule has 0 aliphatic heterocycles. The minimum atomic E-state index is -0.805. The number of carbonyl (C=O) groups excluding carboxylic acids is 1. The Morgan fingerprint density at radius 1 is 1.00 bits per heavy atom. The van der Waals surface area contributed by atoms with Gasteiger partial charge in [0.05, 0.1) is 19.6 Å². The summed E-state index contributed by atoms with van der Waals surface area (Å²) in [5, 5.41) is 36.2. The third-order valence-electron chi connectivity index (χ3n) is 6.07. The van der Waals surface area contributed by atoms with E-state index in [-0.39, 0.29) is 23.4 Å². The van der Waals surface area contributed by atoms with Gasteiger partial charge in [0.1, 0.15) is 5.75 Å². The van der Waals surface area contributed by atoms with E-state index in [0.717, 1.165) is 28.9 Å². The van der Waals surface area contributed by atoms with Gasteiger partial charge in [0.25, 0.3) is 0 Å². The van der Waals surface area contributed by atoms with E-state index in [9.17, 15) is 20.1 Å². The maximum absolute atomic E-state index is 12.4. The summed E-state index contributed by atoms with van der Waals surface area (Å²) >= 11 is 0. The molecule has 0 fully saturated rings. The van der Waals surface area contributed by atoms with E-state index >= 15 is 0 Å². The van der Waals surface area contributed by atoms with Crippen molar-refractivity contribution in [2.75, 3.05) is 13.7 Å². The number of benzene rings is 3. The molecule has 7 heteroatoms. The maximum atomic E-state index is 12.4. The fourth-order valence-electron chi connectivity index (χ4n) is 3.99. The van der Waals surface area contributed by atoms with Crippen molar-refractivity contribution in [3.05, 3.63) is 88.5 Å². The number of hydrogen-bond donors (Lipinski definition) is 5. The van der Waals surface area contributed by atoms with Crippen LogP contribution in [0.5, 0.6) is 17.2 Å². The highest BCUT2D eigenvalue weighted by atomic mass is 16.5. The average molecular weight is 479 g/mol. The topological polar surface area (TPSA) is 111 Å². The van der Waals surface area contributed by atoms with E-state index in [2.05, 4.69) is 10.6 Å². The lowest BCUT2D eigenvalue weighted by molar-refractivity contribution is -0.120. The number of carbonyl (C=O) groups is 1. The van der Waals surface area contributed by atoms with Crippen molar-refractivity contribution in [1.29, 1.82) is 0 Å². The first kappa shape index (κ1) is 26.1. The summed E-state index contributed by atoms with van der Waals surface area (Å²) in [6.07, 6.45) is 0.252. The molecule has 2 atom stereocenters. The fraction of sp³-hybridized carbons (Fsp3) is 0.321. The first-order valence-corrected chi connectivity index (χ1v) is 11.7. The number of hydrogen-bond acceptors (Lipinski definition) is 6. The molecule has 0 bridgehead atoms. The van der Waals surface area contributed by atoms with Crippen molar-refractivity contribution in [3.63, 3.8) is 0 Å². The number of ether oxygens (including phenoxy) is 1. The Morgan fingerprint density at radius 2 is 1.69 bits per heavy atom. The molecule has 0 spiro atoms. The van der Waals surface area contributed by atoms with Crippen LogP contribution in [0.15, 0.2) is 60.7 Å². The predicted molar refractivity (Wildman–Crippen MR) is 136 cm³/mol. The van der Waals surface area contributed by atoms with Gasteiger partial charge < -0.3 is 30.7 Å². The quantitative estimate of drug-likeness (QED) is 0.270. The number of rotatable bonds is 11. The van der Waals surface area contributed by atoms with Gasteiger partial charge in [-0.2, -0.15) is 0 Å². The molecule has 3 aromatic carbocycles. The van der Waals surface area contributed by atoms with Crippen LogP contribution < -0.4 is 15.4 Å². The summed E-state index contributed by atoms with van der Waals surface area (Å²) < 4.78 is 5.32. The molecule has 7 nitrogen and oxygen atoms in total. The van der Waals surface area contributed by atoms with Crippen LogP contribution in [-0.2, 0) is 24.2 Å². The predicted octanol–water partition coefficient (Wildman–Crippen LogP) is 3.53. The van der Waals surface area contributed by atoms with Crippen molar-refractivity contribution < 1.29 is 24.9 Å². The van der Waals surface area contributed by atoms with E-state index < -0.39 is 6.10 Å². The maximum Gasteiger partial charge on any atom is 0.224 e. The Hall–Kier alpha value is -3.55. The highest BCUT2D eigenvalue weighted by Gasteiger charge is 2.16. The van der Waals surface area contributed by atoms with Gasteiger partial charge in [-0.3, -0.25) is 4.79 Å². The zero-order valence-corrected chi connectivity index (χ0v) is 20.4. The Kier molecular flexibility index (Phi) is 9.11. The standard InChI is InChI=1S/C28H34N2O5/c1-18(29-17-25(32)23-12-13-24(31)28(34)19(23)2)14-20-8-10-21(11-9-20)15-27(33)30-16-22-6-4-5-7-26(22)35-3/h4-13,18,25,29,31-32,34H,14-17H2,1-3H3,(H,30,33)/t18-,25+/m1/s1. The summed E-state index contributed by atoms with van der Waals surface area (Å²) in [6.45, 7) is 4.43. The second-order valence-corrected chi connectivity index (χ2v) is 8.76. The number of methoxy groups -OCH3 is 1. The van der Waals surface area contributed by atoms with E-state index in [1.807, 2.05) is 55.5 Å². The molecule has 0 radical (unpaired) electrons. The molecule has 3 aromatic rings. The van der Waals surface area contributed by atoms with Crippen molar-refractivity contribution in [2.45, 2.75) is 45.4 Å². The molecular formula is C28H34N2O5.